The van der Waals surface area contributed by atoms with Gasteiger partial charge in [0.25, 0.3) is 0 Å². The van der Waals surface area contributed by atoms with Gasteiger partial charge in [0.05, 0.1) is 13.0 Å². The summed E-state index contributed by atoms with van der Waals surface area (Å²) in [6.45, 7) is 3.33. The molecular weight excluding hydrogens is 206 g/mol. The van der Waals surface area contributed by atoms with Crippen molar-refractivity contribution in [3.05, 3.63) is 18.0 Å². The van der Waals surface area contributed by atoms with E-state index in [1.807, 2.05) is 24.7 Å². The van der Waals surface area contributed by atoms with Crippen molar-refractivity contribution in [1.82, 2.24) is 15.1 Å². The SMILES string of the molecule is COC(=O)C(C)CNCCc1ccnn1C. The summed E-state index contributed by atoms with van der Waals surface area (Å²) in [6.07, 6.45) is 2.69. The molecule has 5 heteroatoms. The summed E-state index contributed by atoms with van der Waals surface area (Å²) >= 11 is 0. The monoisotopic (exact) mass is 225 g/mol. The van der Waals surface area contributed by atoms with Crippen molar-refractivity contribution in [2.45, 2.75) is 13.3 Å². The summed E-state index contributed by atoms with van der Waals surface area (Å²) in [5, 5.41) is 7.31. The van der Waals surface area contributed by atoms with Crippen LogP contribution in [0.4, 0.5) is 0 Å². The largest absolute Gasteiger partial charge is 0.469 e. The molecular formula is C11H19N3O2. The summed E-state index contributed by atoms with van der Waals surface area (Å²) in [4.78, 5) is 11.1. The van der Waals surface area contributed by atoms with Crippen LogP contribution in [-0.2, 0) is 23.0 Å². The summed E-state index contributed by atoms with van der Waals surface area (Å²) in [5.41, 5.74) is 1.18. The van der Waals surface area contributed by atoms with E-state index in [0.29, 0.717) is 6.54 Å². The van der Waals surface area contributed by atoms with E-state index < -0.39 is 0 Å². The predicted molar refractivity (Wildman–Crippen MR) is 61.0 cm³/mol. The Labute approximate surface area is 95.8 Å². The van der Waals surface area contributed by atoms with Crippen LogP contribution < -0.4 is 5.32 Å². The van der Waals surface area contributed by atoms with E-state index in [4.69, 9.17) is 0 Å². The van der Waals surface area contributed by atoms with E-state index in [-0.39, 0.29) is 11.9 Å². The molecule has 1 N–H and O–H groups in total. The van der Waals surface area contributed by atoms with Gasteiger partial charge in [0, 0.05) is 38.4 Å². The second kappa shape index (κ2) is 6.27. The minimum Gasteiger partial charge on any atom is -0.469 e. The smallest absolute Gasteiger partial charge is 0.309 e. The van der Waals surface area contributed by atoms with Crippen molar-refractivity contribution in [3.8, 4) is 0 Å². The fourth-order valence-electron chi connectivity index (χ4n) is 1.47. The van der Waals surface area contributed by atoms with Crippen LogP contribution in [0.5, 0.6) is 0 Å². The molecule has 1 heterocycles. The van der Waals surface area contributed by atoms with Gasteiger partial charge in [-0.05, 0) is 6.07 Å². The number of carbonyl (C=O) groups is 1. The molecule has 0 amide bonds. The first-order valence-corrected chi connectivity index (χ1v) is 5.40. The summed E-state index contributed by atoms with van der Waals surface area (Å²) in [5.74, 6) is -0.274. The number of aryl methyl sites for hydroxylation is 1. The van der Waals surface area contributed by atoms with Crippen molar-refractivity contribution in [2.24, 2.45) is 13.0 Å². The molecule has 0 aromatic carbocycles. The number of carbonyl (C=O) groups excluding carboxylic acids is 1. The van der Waals surface area contributed by atoms with Crippen LogP contribution in [0.3, 0.4) is 0 Å². The Hall–Kier alpha value is -1.36. The van der Waals surface area contributed by atoms with Crippen LogP contribution in [-0.4, -0.2) is 35.9 Å². The number of rotatable bonds is 6. The molecule has 0 bridgehead atoms. The Bertz CT molecular complexity index is 336. The molecule has 1 rings (SSSR count). The Morgan fingerprint density at radius 1 is 1.69 bits per heavy atom. The minimum absolute atomic E-state index is 0.100. The highest BCUT2D eigenvalue weighted by Gasteiger charge is 2.11. The number of nitrogens with one attached hydrogen (secondary N) is 1. The van der Waals surface area contributed by atoms with Crippen LogP contribution in [0.25, 0.3) is 0 Å². The highest BCUT2D eigenvalue weighted by molar-refractivity contribution is 5.71. The van der Waals surface area contributed by atoms with Gasteiger partial charge in [0.2, 0.25) is 0 Å². The average molecular weight is 225 g/mol. The first-order chi connectivity index (χ1) is 7.65. The normalized spacial score (nSPS) is 12.4. The van der Waals surface area contributed by atoms with Crippen LogP contribution >= 0.6 is 0 Å². The Balaban J connectivity index is 2.17. The van der Waals surface area contributed by atoms with Crippen LogP contribution in [0.1, 0.15) is 12.6 Å². The van der Waals surface area contributed by atoms with Crippen molar-refractivity contribution in [1.29, 1.82) is 0 Å². The van der Waals surface area contributed by atoms with Gasteiger partial charge in [0.15, 0.2) is 0 Å². The zero-order chi connectivity index (χ0) is 12.0. The number of hydrogen-bond acceptors (Lipinski definition) is 4. The van der Waals surface area contributed by atoms with Gasteiger partial charge < -0.3 is 10.1 Å². The molecule has 1 aromatic heterocycles. The van der Waals surface area contributed by atoms with Gasteiger partial charge in [-0.1, -0.05) is 6.92 Å². The number of esters is 1. The van der Waals surface area contributed by atoms with Crippen molar-refractivity contribution in [3.63, 3.8) is 0 Å². The summed E-state index contributed by atoms with van der Waals surface area (Å²) in [7, 11) is 3.33. The van der Waals surface area contributed by atoms with Crippen molar-refractivity contribution in [2.75, 3.05) is 20.2 Å². The molecule has 0 aliphatic carbocycles. The maximum atomic E-state index is 11.1. The molecule has 0 aliphatic rings. The predicted octanol–water partition coefficient (Wildman–Crippen LogP) is 0.361. The van der Waals surface area contributed by atoms with Crippen molar-refractivity contribution < 1.29 is 9.53 Å². The fourth-order valence-corrected chi connectivity index (χ4v) is 1.47. The highest BCUT2D eigenvalue weighted by Crippen LogP contribution is 1.98. The molecule has 0 spiro atoms. The first kappa shape index (κ1) is 12.7. The minimum atomic E-state index is -0.173. The second-order valence-corrected chi connectivity index (χ2v) is 3.82. The molecule has 0 saturated carbocycles. The molecule has 16 heavy (non-hydrogen) atoms. The van der Waals surface area contributed by atoms with Gasteiger partial charge in [0.1, 0.15) is 0 Å². The molecule has 90 valence electrons. The van der Waals surface area contributed by atoms with E-state index in [2.05, 4.69) is 15.2 Å². The zero-order valence-corrected chi connectivity index (χ0v) is 10.1. The number of ether oxygens (including phenoxy) is 1. The van der Waals surface area contributed by atoms with Gasteiger partial charge in [-0.2, -0.15) is 5.10 Å². The van der Waals surface area contributed by atoms with E-state index in [1.54, 1.807) is 6.20 Å². The second-order valence-electron chi connectivity index (χ2n) is 3.82. The third-order valence-electron chi connectivity index (χ3n) is 2.53. The van der Waals surface area contributed by atoms with Crippen LogP contribution in [0.15, 0.2) is 12.3 Å². The lowest BCUT2D eigenvalue weighted by atomic mass is 10.2. The molecule has 0 saturated heterocycles. The lowest BCUT2D eigenvalue weighted by Crippen LogP contribution is -2.29. The third kappa shape index (κ3) is 3.66. The Morgan fingerprint density at radius 3 is 3.00 bits per heavy atom. The number of aromatic nitrogens is 2. The Kier molecular flexibility index (Phi) is 4.98. The maximum absolute atomic E-state index is 11.1. The van der Waals surface area contributed by atoms with E-state index in [9.17, 15) is 4.79 Å². The standard InChI is InChI=1S/C11H19N3O2/c1-9(11(15)16-3)8-12-6-4-10-5-7-13-14(10)2/h5,7,9,12H,4,6,8H2,1-3H3. The third-order valence-corrected chi connectivity index (χ3v) is 2.53. The molecule has 0 radical (unpaired) electrons. The number of hydrogen-bond donors (Lipinski definition) is 1. The average Bonchev–Trinajstić information content (AvgIpc) is 2.69. The molecule has 1 unspecified atom stereocenters. The van der Waals surface area contributed by atoms with Crippen LogP contribution in [0, 0.1) is 5.92 Å². The maximum Gasteiger partial charge on any atom is 0.309 e. The summed E-state index contributed by atoms with van der Waals surface area (Å²) in [6, 6.07) is 1.99. The first-order valence-electron chi connectivity index (χ1n) is 5.40. The Morgan fingerprint density at radius 2 is 2.44 bits per heavy atom. The zero-order valence-electron chi connectivity index (χ0n) is 10.1. The van der Waals surface area contributed by atoms with E-state index in [0.717, 1.165) is 13.0 Å². The number of methoxy groups -OCH3 is 1. The number of nitrogens with zero attached hydrogens (tertiary/aromatic N) is 2. The van der Waals surface area contributed by atoms with Gasteiger partial charge in [-0.25, -0.2) is 0 Å². The highest BCUT2D eigenvalue weighted by atomic mass is 16.5. The lowest BCUT2D eigenvalue weighted by Gasteiger charge is -2.10. The van der Waals surface area contributed by atoms with Crippen LogP contribution in [0.2, 0.25) is 0 Å². The van der Waals surface area contributed by atoms with Crippen molar-refractivity contribution >= 4 is 5.97 Å². The van der Waals surface area contributed by atoms with Gasteiger partial charge in [-0.15, -0.1) is 0 Å². The molecule has 1 atom stereocenters. The molecule has 0 fully saturated rings. The molecule has 0 aliphatic heterocycles. The lowest BCUT2D eigenvalue weighted by molar-refractivity contribution is -0.144. The fraction of sp³-hybridized carbons (Fsp3) is 0.636. The van der Waals surface area contributed by atoms with E-state index in [1.165, 1.54) is 12.8 Å². The molecule has 5 nitrogen and oxygen atoms in total. The molecule has 1 aromatic rings. The summed E-state index contributed by atoms with van der Waals surface area (Å²) < 4.78 is 6.49. The van der Waals surface area contributed by atoms with Gasteiger partial charge in [-0.3, -0.25) is 9.48 Å². The quantitative estimate of drug-likeness (QED) is 0.561. The topological polar surface area (TPSA) is 56.1 Å². The van der Waals surface area contributed by atoms with E-state index >= 15 is 0 Å². The van der Waals surface area contributed by atoms with Gasteiger partial charge >= 0.3 is 5.97 Å².